The number of nitrogens with one attached hydrogen (secondary N) is 1. The van der Waals surface area contributed by atoms with Crippen LogP contribution in [0.3, 0.4) is 0 Å². The lowest BCUT2D eigenvalue weighted by atomic mass is 9.96. The predicted molar refractivity (Wildman–Crippen MR) is 81.5 cm³/mol. The van der Waals surface area contributed by atoms with Crippen molar-refractivity contribution in [3.8, 4) is 0 Å². The van der Waals surface area contributed by atoms with Crippen LogP contribution in [0, 0.1) is 5.92 Å². The molecule has 0 bridgehead atoms. The largest absolute Gasteiger partial charge is 0.312 e. The Morgan fingerprint density at radius 2 is 2.06 bits per heavy atom. The fourth-order valence-electron chi connectivity index (χ4n) is 3.05. The van der Waals surface area contributed by atoms with E-state index in [1.54, 1.807) is 0 Å². The fourth-order valence-corrected chi connectivity index (χ4v) is 4.05. The molecule has 0 radical (unpaired) electrons. The van der Waals surface area contributed by atoms with Gasteiger partial charge in [-0.25, -0.2) is 0 Å². The van der Waals surface area contributed by atoms with E-state index in [1.807, 2.05) is 0 Å². The highest BCUT2D eigenvalue weighted by molar-refractivity contribution is 7.99. The molecule has 2 rings (SSSR count). The summed E-state index contributed by atoms with van der Waals surface area (Å²) < 4.78 is 0. The molecule has 0 amide bonds. The Morgan fingerprint density at radius 3 is 2.67 bits per heavy atom. The summed E-state index contributed by atoms with van der Waals surface area (Å²) in [5, 5.41) is 3.64. The van der Waals surface area contributed by atoms with Gasteiger partial charge in [-0.3, -0.25) is 0 Å². The summed E-state index contributed by atoms with van der Waals surface area (Å²) in [5.74, 6) is 3.54. The standard InChI is InChI=1S/C14H29N3S/c1-16(2)11-13-3-7-17(8-4-13)9-5-14-12-18-10-6-15-14/h13-15H,3-12H2,1-2H3. The van der Waals surface area contributed by atoms with Crippen molar-refractivity contribution in [2.45, 2.75) is 25.3 Å². The molecule has 2 saturated heterocycles. The highest BCUT2D eigenvalue weighted by Crippen LogP contribution is 2.18. The molecule has 2 aliphatic rings. The molecule has 2 heterocycles. The van der Waals surface area contributed by atoms with Gasteiger partial charge in [0.1, 0.15) is 0 Å². The summed E-state index contributed by atoms with van der Waals surface area (Å²) >= 11 is 2.11. The van der Waals surface area contributed by atoms with Gasteiger partial charge < -0.3 is 15.1 Å². The van der Waals surface area contributed by atoms with Crippen LogP contribution in [0.1, 0.15) is 19.3 Å². The third-order valence-corrected chi connectivity index (χ3v) is 5.25. The molecule has 0 aromatic rings. The van der Waals surface area contributed by atoms with Crippen molar-refractivity contribution in [1.82, 2.24) is 15.1 Å². The van der Waals surface area contributed by atoms with Crippen LogP contribution in [0.4, 0.5) is 0 Å². The predicted octanol–water partition coefficient (Wildman–Crippen LogP) is 1.36. The summed E-state index contributed by atoms with van der Waals surface area (Å²) in [6, 6.07) is 0.767. The SMILES string of the molecule is CN(C)CC1CCN(CCC2CSCCN2)CC1. The smallest absolute Gasteiger partial charge is 0.0170 e. The van der Waals surface area contributed by atoms with E-state index in [-0.39, 0.29) is 0 Å². The number of thioether (sulfide) groups is 1. The summed E-state index contributed by atoms with van der Waals surface area (Å²) in [6.45, 7) is 6.42. The zero-order valence-electron chi connectivity index (χ0n) is 12.0. The molecule has 0 aromatic heterocycles. The number of nitrogens with zero attached hydrogens (tertiary/aromatic N) is 2. The zero-order chi connectivity index (χ0) is 12.8. The van der Waals surface area contributed by atoms with Crippen LogP contribution in [0.2, 0.25) is 0 Å². The van der Waals surface area contributed by atoms with E-state index >= 15 is 0 Å². The lowest BCUT2D eigenvalue weighted by molar-refractivity contribution is 0.158. The van der Waals surface area contributed by atoms with Gasteiger partial charge in [0.15, 0.2) is 0 Å². The highest BCUT2D eigenvalue weighted by atomic mass is 32.2. The minimum absolute atomic E-state index is 0.767. The summed E-state index contributed by atoms with van der Waals surface area (Å²) in [6.07, 6.45) is 4.13. The van der Waals surface area contributed by atoms with Crippen LogP contribution in [-0.2, 0) is 0 Å². The van der Waals surface area contributed by atoms with Crippen LogP contribution >= 0.6 is 11.8 Å². The highest BCUT2D eigenvalue weighted by Gasteiger charge is 2.20. The lowest BCUT2D eigenvalue weighted by Gasteiger charge is -2.34. The van der Waals surface area contributed by atoms with Gasteiger partial charge in [-0.05, 0) is 58.9 Å². The topological polar surface area (TPSA) is 18.5 Å². The Kier molecular flexibility index (Phi) is 6.29. The van der Waals surface area contributed by atoms with Crippen LogP contribution in [0.15, 0.2) is 0 Å². The molecule has 2 fully saturated rings. The van der Waals surface area contributed by atoms with Crippen LogP contribution < -0.4 is 5.32 Å². The number of piperidine rings is 1. The van der Waals surface area contributed by atoms with E-state index in [4.69, 9.17) is 0 Å². The second kappa shape index (κ2) is 7.73. The first-order chi connectivity index (χ1) is 8.74. The van der Waals surface area contributed by atoms with Gasteiger partial charge in [0.05, 0.1) is 0 Å². The Balaban J connectivity index is 1.58. The molecule has 106 valence electrons. The monoisotopic (exact) mass is 271 g/mol. The molecule has 0 aromatic carbocycles. The molecule has 0 saturated carbocycles. The van der Waals surface area contributed by atoms with Gasteiger partial charge in [-0.1, -0.05) is 0 Å². The number of rotatable bonds is 5. The molecular weight excluding hydrogens is 242 g/mol. The first kappa shape index (κ1) is 14.6. The Labute approximate surface area is 117 Å². The van der Waals surface area contributed by atoms with Gasteiger partial charge in [-0.2, -0.15) is 11.8 Å². The molecule has 1 unspecified atom stereocenters. The summed E-state index contributed by atoms with van der Waals surface area (Å²) in [5.41, 5.74) is 0. The van der Waals surface area contributed by atoms with E-state index < -0.39 is 0 Å². The van der Waals surface area contributed by atoms with Gasteiger partial charge in [0.25, 0.3) is 0 Å². The van der Waals surface area contributed by atoms with Crippen molar-refractivity contribution in [3.63, 3.8) is 0 Å². The third kappa shape index (κ3) is 5.08. The average Bonchev–Trinajstić information content (AvgIpc) is 2.38. The molecule has 1 N–H and O–H groups in total. The molecular formula is C14H29N3S. The third-order valence-electron chi connectivity index (χ3n) is 4.12. The second-order valence-electron chi connectivity index (χ2n) is 6.06. The normalized spacial score (nSPS) is 27.8. The molecule has 3 nitrogen and oxygen atoms in total. The maximum Gasteiger partial charge on any atom is 0.0170 e. The summed E-state index contributed by atoms with van der Waals surface area (Å²) in [4.78, 5) is 5.01. The Bertz CT molecular complexity index is 221. The van der Waals surface area contributed by atoms with Gasteiger partial charge in [0, 0.05) is 30.6 Å². The van der Waals surface area contributed by atoms with E-state index in [0.717, 1.165) is 12.0 Å². The van der Waals surface area contributed by atoms with E-state index in [1.165, 1.54) is 63.5 Å². The minimum atomic E-state index is 0.767. The Hall–Kier alpha value is 0.230. The fraction of sp³-hybridized carbons (Fsp3) is 1.00. The molecule has 1 atom stereocenters. The van der Waals surface area contributed by atoms with Crippen molar-refractivity contribution in [3.05, 3.63) is 0 Å². The van der Waals surface area contributed by atoms with E-state index in [0.29, 0.717) is 0 Å². The van der Waals surface area contributed by atoms with Crippen molar-refractivity contribution in [2.75, 3.05) is 58.3 Å². The molecule has 2 aliphatic heterocycles. The van der Waals surface area contributed by atoms with Crippen molar-refractivity contribution < 1.29 is 0 Å². The van der Waals surface area contributed by atoms with Gasteiger partial charge in [-0.15, -0.1) is 0 Å². The molecule has 18 heavy (non-hydrogen) atoms. The molecule has 0 aliphatic carbocycles. The maximum atomic E-state index is 3.64. The Morgan fingerprint density at radius 1 is 1.28 bits per heavy atom. The maximum absolute atomic E-state index is 3.64. The zero-order valence-corrected chi connectivity index (χ0v) is 12.8. The van der Waals surface area contributed by atoms with Crippen molar-refractivity contribution in [1.29, 1.82) is 0 Å². The average molecular weight is 271 g/mol. The molecule has 0 spiro atoms. The first-order valence-electron chi connectivity index (χ1n) is 7.42. The van der Waals surface area contributed by atoms with Crippen LogP contribution in [-0.4, -0.2) is 74.2 Å². The number of hydrogen-bond donors (Lipinski definition) is 1. The van der Waals surface area contributed by atoms with Gasteiger partial charge in [0.2, 0.25) is 0 Å². The van der Waals surface area contributed by atoms with E-state index in [2.05, 4.69) is 41.0 Å². The van der Waals surface area contributed by atoms with E-state index in [9.17, 15) is 0 Å². The lowest BCUT2D eigenvalue weighted by Crippen LogP contribution is -2.42. The van der Waals surface area contributed by atoms with Crippen molar-refractivity contribution in [2.24, 2.45) is 5.92 Å². The van der Waals surface area contributed by atoms with Crippen LogP contribution in [0.5, 0.6) is 0 Å². The van der Waals surface area contributed by atoms with Gasteiger partial charge >= 0.3 is 0 Å². The van der Waals surface area contributed by atoms with Crippen LogP contribution in [0.25, 0.3) is 0 Å². The minimum Gasteiger partial charge on any atom is -0.312 e. The quantitative estimate of drug-likeness (QED) is 0.813. The second-order valence-corrected chi connectivity index (χ2v) is 7.21. The van der Waals surface area contributed by atoms with Crippen molar-refractivity contribution >= 4 is 11.8 Å². The number of hydrogen-bond acceptors (Lipinski definition) is 4. The number of likely N-dealkylation sites (tertiary alicyclic amines) is 1. The summed E-state index contributed by atoms with van der Waals surface area (Å²) in [7, 11) is 4.39. The first-order valence-corrected chi connectivity index (χ1v) is 8.57. The molecule has 4 heteroatoms.